The molecule has 0 bridgehead atoms. The van der Waals surface area contributed by atoms with Crippen LogP contribution in [0.2, 0.25) is 0 Å². The smallest absolute Gasteiger partial charge is 0.180 e. The standard InChI is InChI=1S/C15H17NO/c1-16(2)13-12-15(17)11-7-6-10-14-8-4-3-5-9-14/h3-13H,1-2H3/b10-6-,11-7+,13-12-. The molecule has 1 rings (SSSR count). The third-order valence-corrected chi connectivity index (χ3v) is 2.00. The molecule has 17 heavy (non-hydrogen) atoms. The Morgan fingerprint density at radius 3 is 2.41 bits per heavy atom. The molecular formula is C15H17NO. The highest BCUT2D eigenvalue weighted by molar-refractivity contribution is 5.99. The lowest BCUT2D eigenvalue weighted by Crippen LogP contribution is -2.01. The largest absolute Gasteiger partial charge is 0.383 e. The number of carbonyl (C=O) groups excluding carboxylic acids is 1. The van der Waals surface area contributed by atoms with Gasteiger partial charge in [-0.05, 0) is 11.6 Å². The van der Waals surface area contributed by atoms with E-state index in [0.29, 0.717) is 0 Å². The minimum absolute atomic E-state index is 0.0172. The Labute approximate surface area is 103 Å². The Bertz CT molecular complexity index is 427. The van der Waals surface area contributed by atoms with Gasteiger partial charge >= 0.3 is 0 Å². The van der Waals surface area contributed by atoms with Crippen LogP contribution in [0.15, 0.2) is 60.8 Å². The molecule has 1 aromatic carbocycles. The van der Waals surface area contributed by atoms with Crippen molar-refractivity contribution in [3.05, 3.63) is 66.4 Å². The summed E-state index contributed by atoms with van der Waals surface area (Å²) in [4.78, 5) is 13.1. The van der Waals surface area contributed by atoms with Crippen molar-refractivity contribution in [2.24, 2.45) is 0 Å². The summed E-state index contributed by atoms with van der Waals surface area (Å²) in [6.07, 6.45) is 10.4. The average Bonchev–Trinajstić information content (AvgIpc) is 2.33. The number of allylic oxidation sites excluding steroid dienone is 4. The van der Waals surface area contributed by atoms with Crippen LogP contribution in [-0.2, 0) is 4.79 Å². The fraction of sp³-hybridized carbons (Fsp3) is 0.133. The third-order valence-electron chi connectivity index (χ3n) is 2.00. The van der Waals surface area contributed by atoms with Crippen molar-refractivity contribution >= 4 is 11.9 Å². The van der Waals surface area contributed by atoms with E-state index >= 15 is 0 Å². The molecule has 0 aliphatic carbocycles. The molecule has 2 nitrogen and oxygen atoms in total. The second kappa shape index (κ2) is 7.23. The van der Waals surface area contributed by atoms with Crippen molar-refractivity contribution in [2.75, 3.05) is 14.1 Å². The van der Waals surface area contributed by atoms with E-state index in [9.17, 15) is 4.79 Å². The number of rotatable bonds is 5. The molecule has 0 saturated carbocycles. The lowest BCUT2D eigenvalue weighted by atomic mass is 10.2. The lowest BCUT2D eigenvalue weighted by molar-refractivity contribution is -0.110. The van der Waals surface area contributed by atoms with Crippen molar-refractivity contribution in [3.8, 4) is 0 Å². The molecule has 0 amide bonds. The molecule has 1 aromatic rings. The summed E-state index contributed by atoms with van der Waals surface area (Å²) in [5.41, 5.74) is 1.12. The van der Waals surface area contributed by atoms with Gasteiger partial charge in [-0.2, -0.15) is 0 Å². The topological polar surface area (TPSA) is 20.3 Å². The zero-order chi connectivity index (χ0) is 12.5. The Morgan fingerprint density at radius 2 is 1.76 bits per heavy atom. The fourth-order valence-corrected chi connectivity index (χ4v) is 1.16. The van der Waals surface area contributed by atoms with Crippen molar-refractivity contribution in [1.29, 1.82) is 0 Å². The predicted octanol–water partition coefficient (Wildman–Crippen LogP) is 2.90. The van der Waals surface area contributed by atoms with Crippen LogP contribution in [0, 0.1) is 0 Å². The van der Waals surface area contributed by atoms with Crippen LogP contribution in [-0.4, -0.2) is 24.8 Å². The van der Waals surface area contributed by atoms with Crippen LogP contribution in [0.5, 0.6) is 0 Å². The van der Waals surface area contributed by atoms with Gasteiger partial charge in [-0.1, -0.05) is 48.6 Å². The number of hydrogen-bond donors (Lipinski definition) is 0. The van der Waals surface area contributed by atoms with Gasteiger partial charge in [0.2, 0.25) is 0 Å². The van der Waals surface area contributed by atoms with Gasteiger partial charge in [0.15, 0.2) is 5.78 Å². The van der Waals surface area contributed by atoms with Crippen molar-refractivity contribution < 1.29 is 4.79 Å². The molecule has 0 N–H and O–H groups in total. The van der Waals surface area contributed by atoms with E-state index in [1.54, 1.807) is 18.4 Å². The van der Waals surface area contributed by atoms with Gasteiger partial charge < -0.3 is 4.90 Å². The highest BCUT2D eigenvalue weighted by atomic mass is 16.1. The van der Waals surface area contributed by atoms with E-state index in [0.717, 1.165) is 5.56 Å². The molecule has 88 valence electrons. The molecule has 0 heterocycles. The first kappa shape index (κ1) is 13.0. The second-order valence-corrected chi connectivity index (χ2v) is 3.81. The van der Waals surface area contributed by atoms with E-state index in [-0.39, 0.29) is 5.78 Å². The first-order valence-corrected chi connectivity index (χ1v) is 5.47. The first-order valence-electron chi connectivity index (χ1n) is 5.47. The summed E-state index contributed by atoms with van der Waals surface area (Å²) in [5, 5.41) is 0. The molecular weight excluding hydrogens is 210 g/mol. The SMILES string of the molecule is CN(C)/C=C\C(=O)/C=C/C=C\c1ccccc1. The third kappa shape index (κ3) is 6.15. The maximum atomic E-state index is 11.3. The first-order chi connectivity index (χ1) is 8.18. The minimum atomic E-state index is -0.0172. The van der Waals surface area contributed by atoms with Crippen LogP contribution < -0.4 is 0 Å². The monoisotopic (exact) mass is 227 g/mol. The van der Waals surface area contributed by atoms with Crippen LogP contribution in [0.4, 0.5) is 0 Å². The molecule has 0 aliphatic rings. The van der Waals surface area contributed by atoms with E-state index in [1.165, 1.54) is 6.08 Å². The summed E-state index contributed by atoms with van der Waals surface area (Å²) >= 11 is 0. The number of carbonyl (C=O) groups is 1. The Balaban J connectivity index is 2.45. The number of benzene rings is 1. The maximum Gasteiger partial charge on any atom is 0.180 e. The van der Waals surface area contributed by atoms with Crippen LogP contribution >= 0.6 is 0 Å². The van der Waals surface area contributed by atoms with Gasteiger partial charge in [-0.3, -0.25) is 4.79 Å². The van der Waals surface area contributed by atoms with E-state index < -0.39 is 0 Å². The molecule has 2 heteroatoms. The van der Waals surface area contributed by atoms with Gasteiger partial charge in [-0.25, -0.2) is 0 Å². The van der Waals surface area contributed by atoms with Gasteiger partial charge in [0, 0.05) is 26.4 Å². The zero-order valence-electron chi connectivity index (χ0n) is 10.2. The summed E-state index contributed by atoms with van der Waals surface area (Å²) in [6, 6.07) is 9.96. The quantitative estimate of drug-likeness (QED) is 0.569. The molecule has 0 unspecified atom stereocenters. The Kier molecular flexibility index (Phi) is 5.52. The van der Waals surface area contributed by atoms with Crippen LogP contribution in [0.3, 0.4) is 0 Å². The predicted molar refractivity (Wildman–Crippen MR) is 72.5 cm³/mol. The number of nitrogens with zero attached hydrogens (tertiary/aromatic N) is 1. The molecule has 0 spiro atoms. The Morgan fingerprint density at radius 1 is 1.06 bits per heavy atom. The summed E-state index contributed by atoms with van der Waals surface area (Å²) < 4.78 is 0. The van der Waals surface area contributed by atoms with Crippen LogP contribution in [0.25, 0.3) is 6.08 Å². The molecule has 0 radical (unpaired) electrons. The average molecular weight is 227 g/mol. The van der Waals surface area contributed by atoms with Gasteiger partial charge in [-0.15, -0.1) is 0 Å². The summed E-state index contributed by atoms with van der Waals surface area (Å²) in [7, 11) is 3.76. The number of hydrogen-bond acceptors (Lipinski definition) is 2. The fourth-order valence-electron chi connectivity index (χ4n) is 1.16. The molecule has 0 fully saturated rings. The molecule has 0 aromatic heterocycles. The Hall–Kier alpha value is -2.09. The molecule has 0 atom stereocenters. The minimum Gasteiger partial charge on any atom is -0.383 e. The molecule has 0 aliphatic heterocycles. The normalized spacial score (nSPS) is 11.6. The van der Waals surface area contributed by atoms with Crippen molar-refractivity contribution in [3.63, 3.8) is 0 Å². The summed E-state index contributed by atoms with van der Waals surface area (Å²) in [6.45, 7) is 0. The summed E-state index contributed by atoms with van der Waals surface area (Å²) in [5.74, 6) is -0.0172. The van der Waals surface area contributed by atoms with Crippen molar-refractivity contribution in [1.82, 2.24) is 4.90 Å². The molecule has 0 saturated heterocycles. The number of ketones is 1. The van der Waals surface area contributed by atoms with Gasteiger partial charge in [0.05, 0.1) is 0 Å². The van der Waals surface area contributed by atoms with Gasteiger partial charge in [0.1, 0.15) is 0 Å². The van der Waals surface area contributed by atoms with E-state index in [4.69, 9.17) is 0 Å². The second-order valence-electron chi connectivity index (χ2n) is 3.81. The maximum absolute atomic E-state index is 11.3. The zero-order valence-corrected chi connectivity index (χ0v) is 10.2. The van der Waals surface area contributed by atoms with Gasteiger partial charge in [0.25, 0.3) is 0 Å². The van der Waals surface area contributed by atoms with E-state index in [2.05, 4.69) is 0 Å². The highest BCUT2D eigenvalue weighted by Crippen LogP contribution is 2.00. The highest BCUT2D eigenvalue weighted by Gasteiger charge is 1.86. The van der Waals surface area contributed by atoms with E-state index in [1.807, 2.05) is 61.5 Å². The van der Waals surface area contributed by atoms with Crippen molar-refractivity contribution in [2.45, 2.75) is 0 Å². The lowest BCUT2D eigenvalue weighted by Gasteiger charge is -2.00. The van der Waals surface area contributed by atoms with Crippen LogP contribution in [0.1, 0.15) is 5.56 Å².